The number of hydrogen-bond acceptors (Lipinski definition) is 7. The zero-order chi connectivity index (χ0) is 34.9. The Labute approximate surface area is 293 Å². The molecule has 1 aliphatic rings. The van der Waals surface area contributed by atoms with Gasteiger partial charge in [-0.3, -0.25) is 0 Å². The summed E-state index contributed by atoms with van der Waals surface area (Å²) in [5.74, 6) is -0.0813. The third-order valence-electron chi connectivity index (χ3n) is 9.31. The molecule has 256 valence electrons. The maximum absolute atomic E-state index is 14.4. The van der Waals surface area contributed by atoms with Gasteiger partial charge in [-0.2, -0.15) is 4.31 Å². The summed E-state index contributed by atoms with van der Waals surface area (Å²) in [6, 6.07) is 37.8. The van der Waals surface area contributed by atoms with E-state index in [4.69, 9.17) is 9.47 Å². The average molecular weight is 689 g/mol. The van der Waals surface area contributed by atoms with Gasteiger partial charge in [0, 0.05) is 18.5 Å². The van der Waals surface area contributed by atoms with Crippen LogP contribution in [0.5, 0.6) is 5.75 Å². The standard InChI is InChI=1S/C41H40N2O6S/c1-48-41(44)35-23-24-36-38(26-28-49-39(36)29-35)43(50(46,47)40-14-8-7-13-37(40)42-45)27-25-34-12-6-5-11-33(34)22-21-32-19-17-31(18-20-32)16-15-30-9-3-2-4-10-30/h2-14,17-20,23-24,29,38H,15-16,21-22,25-28H2,1H3. The predicted molar refractivity (Wildman–Crippen MR) is 194 cm³/mol. The quantitative estimate of drug-likeness (QED) is 0.0861. The molecular formula is C41H40N2O6S. The SMILES string of the molecule is COC(=O)c1ccc2c(c1)OCCC2N(CCc1ccccc1CCc1ccc(CCc2ccccc2)cc1)S(=O)(=O)c1ccccc1N=O. The van der Waals surface area contributed by atoms with Crippen LogP contribution in [-0.4, -0.2) is 39.0 Å². The summed E-state index contributed by atoms with van der Waals surface area (Å²) in [5.41, 5.74) is 6.91. The van der Waals surface area contributed by atoms with Crippen molar-refractivity contribution in [3.63, 3.8) is 0 Å². The van der Waals surface area contributed by atoms with E-state index in [1.54, 1.807) is 30.3 Å². The molecule has 0 aromatic heterocycles. The van der Waals surface area contributed by atoms with Gasteiger partial charge in [-0.1, -0.05) is 97.1 Å². The van der Waals surface area contributed by atoms with Crippen molar-refractivity contribution in [1.29, 1.82) is 0 Å². The molecule has 8 nitrogen and oxygen atoms in total. The lowest BCUT2D eigenvalue weighted by molar-refractivity contribution is 0.0599. The number of esters is 1. The summed E-state index contributed by atoms with van der Waals surface area (Å²) in [6.45, 7) is 0.412. The van der Waals surface area contributed by atoms with Gasteiger partial charge in [0.15, 0.2) is 0 Å². The molecule has 1 atom stereocenters. The van der Waals surface area contributed by atoms with E-state index in [2.05, 4.69) is 59.8 Å². The molecule has 0 radical (unpaired) electrons. The van der Waals surface area contributed by atoms with Crippen molar-refractivity contribution in [2.24, 2.45) is 5.18 Å². The molecule has 5 aromatic carbocycles. The van der Waals surface area contributed by atoms with Gasteiger partial charge in [0.1, 0.15) is 16.3 Å². The van der Waals surface area contributed by atoms with E-state index < -0.39 is 22.0 Å². The Morgan fingerprint density at radius 1 is 0.760 bits per heavy atom. The van der Waals surface area contributed by atoms with Crippen molar-refractivity contribution in [3.8, 4) is 5.75 Å². The minimum absolute atomic E-state index is 0.141. The molecule has 1 unspecified atom stereocenters. The van der Waals surface area contributed by atoms with E-state index in [0.29, 0.717) is 29.7 Å². The van der Waals surface area contributed by atoms with E-state index in [-0.39, 0.29) is 23.7 Å². The number of carbonyl (C=O) groups is 1. The highest BCUT2D eigenvalue weighted by molar-refractivity contribution is 7.89. The summed E-state index contributed by atoms with van der Waals surface area (Å²) in [7, 11) is -2.88. The summed E-state index contributed by atoms with van der Waals surface area (Å²) in [5, 5.41) is 3.03. The van der Waals surface area contributed by atoms with Crippen LogP contribution in [0.1, 0.15) is 56.2 Å². The molecule has 0 amide bonds. The van der Waals surface area contributed by atoms with Crippen LogP contribution < -0.4 is 4.74 Å². The van der Waals surface area contributed by atoms with Gasteiger partial charge >= 0.3 is 5.97 Å². The third kappa shape index (κ3) is 8.01. The van der Waals surface area contributed by atoms with Crippen LogP contribution in [0.25, 0.3) is 0 Å². The Hall–Kier alpha value is -5.12. The maximum atomic E-state index is 14.4. The molecule has 0 fully saturated rings. The van der Waals surface area contributed by atoms with E-state index in [1.165, 1.54) is 40.2 Å². The summed E-state index contributed by atoms with van der Waals surface area (Å²) < 4.78 is 41.1. The number of carbonyl (C=O) groups excluding carboxylic acids is 1. The zero-order valence-corrected chi connectivity index (χ0v) is 28.8. The number of nitrogens with zero attached hydrogens (tertiary/aromatic N) is 2. The largest absolute Gasteiger partial charge is 0.493 e. The number of nitroso groups, excluding NO2 is 1. The second-order valence-corrected chi connectivity index (χ2v) is 14.3. The summed E-state index contributed by atoms with van der Waals surface area (Å²) in [4.78, 5) is 23.8. The Morgan fingerprint density at radius 3 is 2.04 bits per heavy atom. The number of rotatable bonds is 14. The van der Waals surface area contributed by atoms with Crippen molar-refractivity contribution in [3.05, 3.63) is 165 Å². The van der Waals surface area contributed by atoms with Crippen LogP contribution in [0, 0.1) is 4.91 Å². The molecule has 1 aliphatic heterocycles. The van der Waals surface area contributed by atoms with E-state index in [0.717, 1.165) is 36.8 Å². The Morgan fingerprint density at radius 2 is 1.36 bits per heavy atom. The molecule has 50 heavy (non-hydrogen) atoms. The molecule has 0 spiro atoms. The van der Waals surface area contributed by atoms with Gasteiger partial charge in [0.2, 0.25) is 10.0 Å². The van der Waals surface area contributed by atoms with Gasteiger partial charge in [0.05, 0.1) is 25.3 Å². The van der Waals surface area contributed by atoms with Gasteiger partial charge in [0.25, 0.3) is 0 Å². The molecule has 6 rings (SSSR count). The molecule has 9 heteroatoms. The first-order valence-electron chi connectivity index (χ1n) is 16.8. The highest BCUT2D eigenvalue weighted by Crippen LogP contribution is 2.41. The molecule has 0 N–H and O–H groups in total. The van der Waals surface area contributed by atoms with E-state index in [1.807, 2.05) is 24.3 Å². The van der Waals surface area contributed by atoms with Crippen LogP contribution in [0.4, 0.5) is 5.69 Å². The molecule has 1 heterocycles. The summed E-state index contributed by atoms with van der Waals surface area (Å²) >= 11 is 0. The first-order valence-corrected chi connectivity index (χ1v) is 18.3. The Balaban J connectivity index is 1.22. The lowest BCUT2D eigenvalue weighted by atomic mass is 9.96. The monoisotopic (exact) mass is 688 g/mol. The first-order chi connectivity index (χ1) is 24.4. The smallest absolute Gasteiger partial charge is 0.337 e. The minimum atomic E-state index is -4.19. The van der Waals surface area contributed by atoms with Crippen molar-refractivity contribution in [2.45, 2.75) is 49.5 Å². The topological polar surface area (TPSA) is 102 Å². The fourth-order valence-electron chi connectivity index (χ4n) is 6.60. The highest BCUT2D eigenvalue weighted by Gasteiger charge is 2.37. The molecule has 0 saturated heterocycles. The number of methoxy groups -OCH3 is 1. The molecular weight excluding hydrogens is 649 g/mol. The first kappa shape index (κ1) is 34.7. The Kier molecular flexibility index (Phi) is 11.2. The van der Waals surface area contributed by atoms with Gasteiger partial charge < -0.3 is 9.47 Å². The predicted octanol–water partition coefficient (Wildman–Crippen LogP) is 8.20. The van der Waals surface area contributed by atoms with Gasteiger partial charge in [-0.15, -0.1) is 4.91 Å². The van der Waals surface area contributed by atoms with E-state index >= 15 is 0 Å². The number of ether oxygens (including phenoxy) is 2. The Bertz CT molecular complexity index is 2050. The maximum Gasteiger partial charge on any atom is 0.337 e. The third-order valence-corrected chi connectivity index (χ3v) is 11.3. The van der Waals surface area contributed by atoms with Crippen molar-refractivity contribution < 1.29 is 22.7 Å². The van der Waals surface area contributed by atoms with Crippen LogP contribution >= 0.6 is 0 Å². The van der Waals surface area contributed by atoms with Crippen LogP contribution in [0.3, 0.4) is 0 Å². The summed E-state index contributed by atoms with van der Waals surface area (Å²) in [6.07, 6.45) is 4.50. The van der Waals surface area contributed by atoms with Crippen molar-refractivity contribution in [1.82, 2.24) is 4.31 Å². The number of fused-ring (bicyclic) bond motifs is 1. The normalized spacial score (nSPS) is 14.1. The van der Waals surface area contributed by atoms with Gasteiger partial charge in [-0.25, -0.2) is 13.2 Å². The average Bonchev–Trinajstić information content (AvgIpc) is 3.17. The van der Waals surface area contributed by atoms with Gasteiger partial charge in [-0.05, 0) is 89.4 Å². The second kappa shape index (κ2) is 16.1. The number of aryl methyl sites for hydroxylation is 4. The number of hydrogen-bond donors (Lipinski definition) is 0. The number of benzene rings is 5. The van der Waals surface area contributed by atoms with Crippen molar-refractivity contribution in [2.75, 3.05) is 20.3 Å². The molecule has 0 bridgehead atoms. The lowest BCUT2D eigenvalue weighted by Gasteiger charge is -2.35. The zero-order valence-electron chi connectivity index (χ0n) is 28.0. The van der Waals surface area contributed by atoms with Crippen molar-refractivity contribution >= 4 is 21.7 Å². The molecule has 5 aromatic rings. The van der Waals surface area contributed by atoms with Crippen LogP contribution in [0.15, 0.2) is 131 Å². The van der Waals surface area contributed by atoms with Crippen LogP contribution in [0.2, 0.25) is 0 Å². The fourth-order valence-corrected chi connectivity index (χ4v) is 8.35. The second-order valence-electron chi connectivity index (χ2n) is 12.4. The molecule has 0 aliphatic carbocycles. The fraction of sp³-hybridized carbons (Fsp3) is 0.244. The number of sulfonamides is 1. The van der Waals surface area contributed by atoms with E-state index in [9.17, 15) is 18.1 Å². The lowest BCUT2D eigenvalue weighted by Crippen LogP contribution is -2.39. The molecule has 0 saturated carbocycles. The minimum Gasteiger partial charge on any atom is -0.493 e. The highest BCUT2D eigenvalue weighted by atomic mass is 32.2. The van der Waals surface area contributed by atoms with Crippen LogP contribution in [-0.2, 0) is 46.9 Å².